The molecule has 2 aliphatic rings. The van der Waals surface area contributed by atoms with E-state index in [-0.39, 0.29) is 0 Å². The van der Waals surface area contributed by atoms with Crippen molar-refractivity contribution in [3.8, 4) is 0 Å². The maximum atomic E-state index is 12.0. The van der Waals surface area contributed by atoms with Gasteiger partial charge in [-0.2, -0.15) is 0 Å². The second-order valence-electron chi connectivity index (χ2n) is 5.18. The van der Waals surface area contributed by atoms with Gasteiger partial charge in [0.15, 0.2) is 0 Å². The summed E-state index contributed by atoms with van der Waals surface area (Å²) in [7, 11) is 0. The fourth-order valence-corrected chi connectivity index (χ4v) is 8.54. The smallest absolute Gasteiger partial charge is 0.137 e. The molecule has 2 fully saturated rings. The average Bonchev–Trinajstić information content (AvgIpc) is 2.86. The molecule has 17 heavy (non-hydrogen) atoms. The first kappa shape index (κ1) is 11.6. The zero-order valence-electron chi connectivity index (χ0n) is 9.84. The molecule has 1 nitrogen and oxygen atoms in total. The lowest BCUT2D eigenvalue weighted by atomic mass is 10.00. The highest BCUT2D eigenvalue weighted by Gasteiger charge is 2.45. The van der Waals surface area contributed by atoms with Crippen molar-refractivity contribution in [2.75, 3.05) is 6.16 Å². The number of ketones is 1. The summed E-state index contributed by atoms with van der Waals surface area (Å²) in [5.41, 5.74) is 0.515. The van der Waals surface area contributed by atoms with E-state index in [4.69, 9.17) is 11.8 Å². The van der Waals surface area contributed by atoms with Crippen LogP contribution in [0.1, 0.15) is 25.7 Å². The zero-order chi connectivity index (χ0) is 11.9. The Kier molecular flexibility index (Phi) is 2.96. The van der Waals surface area contributed by atoms with Crippen LogP contribution in [-0.4, -0.2) is 17.6 Å². The SMILES string of the molecule is O=C1CCP(=S)(c2ccccc2)C2CCCC12. The highest BCUT2D eigenvalue weighted by Crippen LogP contribution is 2.61. The van der Waals surface area contributed by atoms with Crippen molar-refractivity contribution < 1.29 is 4.79 Å². The van der Waals surface area contributed by atoms with Gasteiger partial charge in [-0.05, 0) is 30.3 Å². The summed E-state index contributed by atoms with van der Waals surface area (Å²) in [6.45, 7) is 0. The van der Waals surface area contributed by atoms with Crippen molar-refractivity contribution in [1.29, 1.82) is 0 Å². The lowest BCUT2D eigenvalue weighted by molar-refractivity contribution is -0.122. The standard InChI is InChI=1S/C14H17OPS/c15-13-9-10-16(17,11-5-2-1-3-6-11)14-8-4-7-12(13)14/h1-3,5-6,12,14H,4,7-10H2. The van der Waals surface area contributed by atoms with Gasteiger partial charge in [0.25, 0.3) is 0 Å². The molecule has 0 spiro atoms. The number of rotatable bonds is 1. The zero-order valence-corrected chi connectivity index (χ0v) is 11.6. The molecule has 90 valence electrons. The van der Waals surface area contributed by atoms with Crippen molar-refractivity contribution in [1.82, 2.24) is 0 Å². The van der Waals surface area contributed by atoms with Crippen molar-refractivity contribution in [3.05, 3.63) is 30.3 Å². The van der Waals surface area contributed by atoms with E-state index < -0.39 is 6.04 Å². The van der Waals surface area contributed by atoms with Crippen LogP contribution in [0.15, 0.2) is 30.3 Å². The summed E-state index contributed by atoms with van der Waals surface area (Å²) in [5, 5.41) is 1.36. The molecule has 1 aliphatic heterocycles. The van der Waals surface area contributed by atoms with E-state index >= 15 is 0 Å². The molecule has 3 unspecified atom stereocenters. The first-order valence-electron chi connectivity index (χ1n) is 6.39. The van der Waals surface area contributed by atoms with Crippen molar-refractivity contribution in [2.45, 2.75) is 31.3 Å². The molecule has 3 heteroatoms. The maximum absolute atomic E-state index is 12.0. The van der Waals surface area contributed by atoms with E-state index in [9.17, 15) is 4.79 Å². The second kappa shape index (κ2) is 4.33. The fourth-order valence-electron chi connectivity index (χ4n) is 3.44. The number of Topliss-reactive ketones (excluding diaryl/α,β-unsaturated/α-hetero) is 1. The van der Waals surface area contributed by atoms with E-state index in [0.717, 1.165) is 19.0 Å². The minimum absolute atomic E-state index is 0.301. The minimum atomic E-state index is -1.49. The van der Waals surface area contributed by atoms with Crippen LogP contribution in [0.2, 0.25) is 0 Å². The fraction of sp³-hybridized carbons (Fsp3) is 0.500. The third-order valence-corrected chi connectivity index (χ3v) is 10.1. The van der Waals surface area contributed by atoms with Crippen molar-refractivity contribution >= 4 is 28.9 Å². The first-order valence-corrected chi connectivity index (χ1v) is 9.44. The van der Waals surface area contributed by atoms with Crippen LogP contribution in [0.4, 0.5) is 0 Å². The topological polar surface area (TPSA) is 17.1 Å². The van der Waals surface area contributed by atoms with Gasteiger partial charge in [0.05, 0.1) is 0 Å². The highest BCUT2D eigenvalue weighted by molar-refractivity contribution is 8.18. The quantitative estimate of drug-likeness (QED) is 0.725. The summed E-state index contributed by atoms with van der Waals surface area (Å²) in [4.78, 5) is 12.0. The van der Waals surface area contributed by atoms with Crippen LogP contribution in [0.5, 0.6) is 0 Å². The second-order valence-corrected chi connectivity index (χ2v) is 10.3. The molecule has 0 bridgehead atoms. The van der Waals surface area contributed by atoms with Gasteiger partial charge in [0, 0.05) is 18.0 Å². The number of hydrogen-bond donors (Lipinski definition) is 0. The molecule has 1 heterocycles. The number of carbonyl (C=O) groups is 1. The van der Waals surface area contributed by atoms with Crippen LogP contribution in [0.3, 0.4) is 0 Å². The van der Waals surface area contributed by atoms with Crippen LogP contribution < -0.4 is 5.30 Å². The Hall–Kier alpha value is -0.460. The third kappa shape index (κ3) is 1.82. The van der Waals surface area contributed by atoms with E-state index in [1.165, 1.54) is 18.1 Å². The molecule has 1 aromatic carbocycles. The van der Waals surface area contributed by atoms with Gasteiger partial charge in [-0.25, -0.2) is 0 Å². The summed E-state index contributed by atoms with van der Waals surface area (Å²) >= 11 is 6.07. The lowest BCUT2D eigenvalue weighted by Gasteiger charge is -2.37. The van der Waals surface area contributed by atoms with E-state index in [2.05, 4.69) is 24.3 Å². The average molecular weight is 264 g/mol. The summed E-state index contributed by atoms with van der Waals surface area (Å²) < 4.78 is 0. The Morgan fingerprint density at radius 3 is 2.71 bits per heavy atom. The molecule has 1 saturated carbocycles. The van der Waals surface area contributed by atoms with Crippen LogP contribution in [0.25, 0.3) is 0 Å². The Labute approximate surface area is 108 Å². The Balaban J connectivity index is 2.03. The van der Waals surface area contributed by atoms with Gasteiger partial charge in [-0.1, -0.05) is 48.6 Å². The lowest BCUT2D eigenvalue weighted by Crippen LogP contribution is -2.34. The molecular formula is C14H17OPS. The molecule has 0 aromatic heterocycles. The third-order valence-electron chi connectivity index (χ3n) is 4.31. The van der Waals surface area contributed by atoms with Gasteiger partial charge in [-0.3, -0.25) is 4.79 Å². The number of hydrogen-bond acceptors (Lipinski definition) is 2. The molecule has 0 amide bonds. The summed E-state index contributed by atoms with van der Waals surface area (Å²) in [5.74, 6) is 0.790. The normalized spacial score (nSPS) is 36.8. The molecular weight excluding hydrogens is 247 g/mol. The van der Waals surface area contributed by atoms with Gasteiger partial charge in [0.1, 0.15) is 5.78 Å². The predicted octanol–water partition coefficient (Wildman–Crippen LogP) is 2.93. The van der Waals surface area contributed by atoms with E-state index in [0.29, 0.717) is 17.4 Å². The summed E-state index contributed by atoms with van der Waals surface area (Å²) in [6, 6.07) is 9.10. The van der Waals surface area contributed by atoms with E-state index in [1.807, 2.05) is 6.07 Å². The predicted molar refractivity (Wildman–Crippen MR) is 76.0 cm³/mol. The number of fused-ring (bicyclic) bond motifs is 1. The van der Waals surface area contributed by atoms with Gasteiger partial charge >= 0.3 is 0 Å². The molecule has 1 aromatic rings. The van der Waals surface area contributed by atoms with Crippen LogP contribution in [0, 0.1) is 5.92 Å². The molecule has 3 atom stereocenters. The minimum Gasteiger partial charge on any atom is -0.299 e. The molecule has 3 rings (SSSR count). The number of benzene rings is 1. The Morgan fingerprint density at radius 2 is 1.94 bits per heavy atom. The van der Waals surface area contributed by atoms with Gasteiger partial charge in [-0.15, -0.1) is 0 Å². The number of carbonyl (C=O) groups excluding carboxylic acids is 1. The first-order chi connectivity index (χ1) is 8.22. The van der Waals surface area contributed by atoms with Gasteiger partial charge in [0.2, 0.25) is 0 Å². The van der Waals surface area contributed by atoms with E-state index in [1.54, 1.807) is 0 Å². The molecule has 0 N–H and O–H groups in total. The highest BCUT2D eigenvalue weighted by atomic mass is 32.4. The van der Waals surface area contributed by atoms with Crippen LogP contribution >= 0.6 is 6.04 Å². The molecule has 1 aliphatic carbocycles. The molecule has 0 radical (unpaired) electrons. The van der Waals surface area contributed by atoms with Gasteiger partial charge < -0.3 is 0 Å². The monoisotopic (exact) mass is 264 g/mol. The largest absolute Gasteiger partial charge is 0.299 e. The van der Waals surface area contributed by atoms with Crippen LogP contribution in [-0.2, 0) is 16.6 Å². The Bertz CT molecular complexity index is 482. The maximum Gasteiger partial charge on any atom is 0.137 e. The Morgan fingerprint density at radius 1 is 1.18 bits per heavy atom. The van der Waals surface area contributed by atoms with Crippen molar-refractivity contribution in [2.24, 2.45) is 5.92 Å². The molecule has 1 saturated heterocycles. The van der Waals surface area contributed by atoms with Crippen molar-refractivity contribution in [3.63, 3.8) is 0 Å². The summed E-state index contributed by atoms with van der Waals surface area (Å²) in [6.07, 6.45) is 5.17.